The van der Waals surface area contributed by atoms with Gasteiger partial charge in [0.25, 0.3) is 0 Å². The van der Waals surface area contributed by atoms with Gasteiger partial charge < -0.3 is 0 Å². The molecule has 1 rings (SSSR count). The molecule has 0 spiro atoms. The van der Waals surface area contributed by atoms with E-state index in [4.69, 9.17) is 0 Å². The minimum atomic E-state index is -0.111. The summed E-state index contributed by atoms with van der Waals surface area (Å²) in [5.41, 5.74) is 0. The number of allylic oxidation sites excluding steroid dienone is 1. The highest BCUT2D eigenvalue weighted by atomic mass is 16.1. The summed E-state index contributed by atoms with van der Waals surface area (Å²) in [7, 11) is 0. The van der Waals surface area contributed by atoms with Gasteiger partial charge in [0.1, 0.15) is 0 Å². The number of nitrogens with zero attached hydrogens (tertiary/aromatic N) is 1. The molecule has 0 atom stereocenters. The van der Waals surface area contributed by atoms with Crippen LogP contribution in [0.1, 0.15) is 4.79 Å². The molecule has 1 heterocycles. The second kappa shape index (κ2) is 2.92. The summed E-state index contributed by atoms with van der Waals surface area (Å²) in [6, 6.07) is 5.44. The topological polar surface area (TPSA) is 20.9 Å². The summed E-state index contributed by atoms with van der Waals surface area (Å²) in [4.78, 5) is 10.9. The Kier molecular flexibility index (Phi) is 1.95. The van der Waals surface area contributed by atoms with Crippen molar-refractivity contribution in [3.8, 4) is 0 Å². The average molecular weight is 134 g/mol. The van der Waals surface area contributed by atoms with Crippen molar-refractivity contribution in [2.75, 3.05) is 0 Å². The molecule has 0 aliphatic rings. The van der Waals surface area contributed by atoms with Crippen LogP contribution in [-0.2, 0) is 0 Å². The van der Waals surface area contributed by atoms with Gasteiger partial charge >= 0.3 is 5.91 Å². The van der Waals surface area contributed by atoms with Gasteiger partial charge in [0.2, 0.25) is 0 Å². The van der Waals surface area contributed by atoms with Crippen molar-refractivity contribution in [1.82, 2.24) is 0 Å². The first-order valence-corrected chi connectivity index (χ1v) is 2.97. The molecule has 1 aromatic rings. The Balaban J connectivity index is 2.95. The molecule has 0 unspecified atom stereocenters. The third kappa shape index (κ3) is 1.29. The number of aromatic nitrogens is 1. The highest BCUT2D eigenvalue weighted by molar-refractivity contribution is 5.78. The van der Waals surface area contributed by atoms with E-state index in [1.54, 1.807) is 24.5 Å². The summed E-state index contributed by atoms with van der Waals surface area (Å²) < 4.78 is 1.47. The van der Waals surface area contributed by atoms with Crippen LogP contribution in [0.15, 0.2) is 43.2 Å². The van der Waals surface area contributed by atoms with Crippen LogP contribution in [0, 0.1) is 0 Å². The highest BCUT2D eigenvalue weighted by Gasteiger charge is 2.04. The number of rotatable bonds is 1. The monoisotopic (exact) mass is 134 g/mol. The minimum absolute atomic E-state index is 0.111. The summed E-state index contributed by atoms with van der Waals surface area (Å²) in [5, 5.41) is 0. The van der Waals surface area contributed by atoms with Gasteiger partial charge in [-0.1, -0.05) is 12.6 Å². The zero-order valence-electron chi connectivity index (χ0n) is 5.53. The van der Waals surface area contributed by atoms with Gasteiger partial charge in [-0.15, -0.1) is 4.57 Å². The lowest BCUT2D eigenvalue weighted by molar-refractivity contribution is -0.570. The fourth-order valence-electron chi connectivity index (χ4n) is 0.651. The summed E-state index contributed by atoms with van der Waals surface area (Å²) in [5.74, 6) is -0.111. The molecule has 2 nitrogen and oxygen atoms in total. The number of pyridine rings is 1. The van der Waals surface area contributed by atoms with Crippen LogP contribution in [0.5, 0.6) is 0 Å². The van der Waals surface area contributed by atoms with Crippen LogP contribution in [0.25, 0.3) is 0 Å². The van der Waals surface area contributed by atoms with Crippen molar-refractivity contribution >= 4 is 5.91 Å². The molecule has 0 amide bonds. The summed E-state index contributed by atoms with van der Waals surface area (Å²) >= 11 is 0. The predicted octanol–water partition coefficient (Wildman–Crippen LogP) is 0.800. The zero-order valence-corrected chi connectivity index (χ0v) is 5.53. The van der Waals surface area contributed by atoms with E-state index < -0.39 is 0 Å². The van der Waals surface area contributed by atoms with E-state index in [0.29, 0.717) is 0 Å². The SMILES string of the molecule is C=CC(=O)[n+]1ccccc1. The lowest BCUT2D eigenvalue weighted by Crippen LogP contribution is -2.39. The molecule has 0 N–H and O–H groups in total. The fraction of sp³-hybridized carbons (Fsp3) is 0. The molecule has 0 fully saturated rings. The Morgan fingerprint density at radius 1 is 1.30 bits per heavy atom. The van der Waals surface area contributed by atoms with E-state index in [1.807, 2.05) is 6.07 Å². The Morgan fingerprint density at radius 2 is 1.90 bits per heavy atom. The first-order chi connectivity index (χ1) is 4.84. The summed E-state index contributed by atoms with van der Waals surface area (Å²) in [6.07, 6.45) is 4.65. The molecule has 0 saturated heterocycles. The van der Waals surface area contributed by atoms with Crippen LogP contribution < -0.4 is 4.57 Å². The van der Waals surface area contributed by atoms with Crippen LogP contribution >= 0.6 is 0 Å². The second-order valence-corrected chi connectivity index (χ2v) is 1.83. The maximum Gasteiger partial charge on any atom is 0.416 e. The van der Waals surface area contributed by atoms with Crippen molar-refractivity contribution in [2.24, 2.45) is 0 Å². The molecule has 0 aromatic carbocycles. The smallest absolute Gasteiger partial charge is 0.214 e. The normalized spacial score (nSPS) is 8.80. The second-order valence-electron chi connectivity index (χ2n) is 1.83. The van der Waals surface area contributed by atoms with Gasteiger partial charge in [-0.25, -0.2) is 4.79 Å². The highest BCUT2D eigenvalue weighted by Crippen LogP contribution is 1.76. The minimum Gasteiger partial charge on any atom is -0.214 e. The van der Waals surface area contributed by atoms with Crippen LogP contribution in [0.2, 0.25) is 0 Å². The van der Waals surface area contributed by atoms with Crippen molar-refractivity contribution in [3.05, 3.63) is 43.2 Å². The van der Waals surface area contributed by atoms with E-state index in [2.05, 4.69) is 6.58 Å². The Labute approximate surface area is 59.4 Å². The number of carbonyl (C=O) groups excluding carboxylic acids is 1. The van der Waals surface area contributed by atoms with E-state index in [0.717, 1.165) is 0 Å². The van der Waals surface area contributed by atoms with E-state index >= 15 is 0 Å². The van der Waals surface area contributed by atoms with Crippen molar-refractivity contribution in [2.45, 2.75) is 0 Å². The van der Waals surface area contributed by atoms with Gasteiger partial charge in [0, 0.05) is 18.2 Å². The van der Waals surface area contributed by atoms with Gasteiger partial charge in [-0.05, 0) is 0 Å². The quantitative estimate of drug-likeness (QED) is 0.411. The van der Waals surface area contributed by atoms with Gasteiger partial charge in [0.15, 0.2) is 12.4 Å². The maximum atomic E-state index is 10.9. The van der Waals surface area contributed by atoms with Crippen LogP contribution in [-0.4, -0.2) is 5.91 Å². The standard InChI is InChI=1S/C8H8NO/c1-2-8(10)9-6-4-3-5-7-9/h2-7H,1H2/q+1. The lowest BCUT2D eigenvalue weighted by Gasteiger charge is -1.84. The van der Waals surface area contributed by atoms with Gasteiger partial charge in [-0.2, -0.15) is 0 Å². The van der Waals surface area contributed by atoms with Crippen molar-refractivity contribution in [3.63, 3.8) is 0 Å². The van der Waals surface area contributed by atoms with Crippen molar-refractivity contribution < 1.29 is 9.36 Å². The predicted molar refractivity (Wildman–Crippen MR) is 37.5 cm³/mol. The zero-order chi connectivity index (χ0) is 7.40. The first kappa shape index (κ1) is 6.68. The number of hydrogen-bond donors (Lipinski definition) is 0. The van der Waals surface area contributed by atoms with Crippen LogP contribution in [0.3, 0.4) is 0 Å². The molecule has 0 bridgehead atoms. The molecule has 2 heteroatoms. The molecule has 50 valence electrons. The summed E-state index contributed by atoms with van der Waals surface area (Å²) in [6.45, 7) is 3.37. The number of carbonyl (C=O) groups is 1. The molecule has 0 aliphatic heterocycles. The fourth-order valence-corrected chi connectivity index (χ4v) is 0.651. The third-order valence-electron chi connectivity index (χ3n) is 1.14. The van der Waals surface area contributed by atoms with E-state index in [9.17, 15) is 4.79 Å². The van der Waals surface area contributed by atoms with E-state index in [-0.39, 0.29) is 5.91 Å². The van der Waals surface area contributed by atoms with E-state index in [1.165, 1.54) is 10.6 Å². The molecular formula is C8H8NO+. The molecular weight excluding hydrogens is 126 g/mol. The Morgan fingerprint density at radius 3 is 2.40 bits per heavy atom. The van der Waals surface area contributed by atoms with Crippen LogP contribution in [0.4, 0.5) is 0 Å². The average Bonchev–Trinajstić information content (AvgIpc) is 2.05. The van der Waals surface area contributed by atoms with Gasteiger partial charge in [0.05, 0.1) is 0 Å². The third-order valence-corrected chi connectivity index (χ3v) is 1.14. The molecule has 0 radical (unpaired) electrons. The first-order valence-electron chi connectivity index (χ1n) is 2.97. The van der Waals surface area contributed by atoms with Crippen molar-refractivity contribution in [1.29, 1.82) is 0 Å². The Bertz CT molecular complexity index is 241. The number of hydrogen-bond acceptors (Lipinski definition) is 1. The molecule has 10 heavy (non-hydrogen) atoms. The lowest BCUT2D eigenvalue weighted by atomic mass is 10.4. The Hall–Kier alpha value is -1.44. The molecule has 0 aliphatic carbocycles. The molecule has 1 aromatic heterocycles. The van der Waals surface area contributed by atoms with Gasteiger partial charge in [-0.3, -0.25) is 0 Å². The maximum absolute atomic E-state index is 10.9. The molecule has 0 saturated carbocycles. The largest absolute Gasteiger partial charge is 0.416 e.